The van der Waals surface area contributed by atoms with Gasteiger partial charge < -0.3 is 9.64 Å². The lowest BCUT2D eigenvalue weighted by molar-refractivity contribution is -0.138. The summed E-state index contributed by atoms with van der Waals surface area (Å²) in [6.45, 7) is 4.03. The van der Waals surface area contributed by atoms with E-state index >= 15 is 0 Å². The van der Waals surface area contributed by atoms with Gasteiger partial charge in [0.05, 0.1) is 18.3 Å². The summed E-state index contributed by atoms with van der Waals surface area (Å²) in [5.74, 6) is -1.51. The first kappa shape index (κ1) is 21.7. The number of carbonyl (C=O) groups is 1. The number of carbonyl (C=O) groups excluding carboxylic acids is 1. The number of hydrogen-bond acceptors (Lipinski definition) is 4. The third-order valence-electron chi connectivity index (χ3n) is 7.31. The minimum Gasteiger partial charge on any atom is -0.366 e. The van der Waals surface area contributed by atoms with E-state index in [9.17, 15) is 13.6 Å². The van der Waals surface area contributed by atoms with Gasteiger partial charge in [0.25, 0.3) is 0 Å². The van der Waals surface area contributed by atoms with Crippen LogP contribution in [0.5, 0.6) is 0 Å². The van der Waals surface area contributed by atoms with Crippen LogP contribution >= 0.6 is 0 Å². The molecule has 1 aliphatic heterocycles. The Morgan fingerprint density at radius 3 is 2.50 bits per heavy atom. The van der Waals surface area contributed by atoms with Crippen molar-refractivity contribution in [2.75, 3.05) is 33.8 Å². The van der Waals surface area contributed by atoms with Crippen molar-refractivity contribution in [2.24, 2.45) is 11.8 Å². The third kappa shape index (κ3) is 4.69. The summed E-state index contributed by atoms with van der Waals surface area (Å²) < 4.78 is 35.3. The van der Waals surface area contributed by atoms with Gasteiger partial charge in [0, 0.05) is 52.3 Å². The number of alkyl halides is 2. The van der Waals surface area contributed by atoms with Crippen LogP contribution < -0.4 is 0 Å². The Hall–Kier alpha value is -1.54. The molecule has 30 heavy (non-hydrogen) atoms. The molecule has 1 aromatic heterocycles. The van der Waals surface area contributed by atoms with Crippen LogP contribution in [0, 0.1) is 18.8 Å². The fourth-order valence-electron chi connectivity index (χ4n) is 5.49. The van der Waals surface area contributed by atoms with Gasteiger partial charge in [0.1, 0.15) is 6.61 Å². The summed E-state index contributed by atoms with van der Waals surface area (Å²) in [6.07, 6.45) is 6.87. The number of nitrogens with zero attached hydrogens (tertiary/aromatic N) is 4. The van der Waals surface area contributed by atoms with Crippen molar-refractivity contribution >= 4 is 5.91 Å². The molecule has 2 heterocycles. The van der Waals surface area contributed by atoms with Gasteiger partial charge >= 0.3 is 0 Å². The summed E-state index contributed by atoms with van der Waals surface area (Å²) in [5.41, 5.74) is 1.11. The fourth-order valence-corrected chi connectivity index (χ4v) is 5.49. The molecule has 0 spiro atoms. The van der Waals surface area contributed by atoms with Crippen LogP contribution in [-0.4, -0.2) is 77.3 Å². The minimum absolute atomic E-state index is 0.0110. The number of hydrogen-bond donors (Lipinski definition) is 0. The number of halogens is 2. The van der Waals surface area contributed by atoms with E-state index in [0.717, 1.165) is 31.5 Å². The van der Waals surface area contributed by atoms with Gasteiger partial charge in [-0.1, -0.05) is 0 Å². The summed E-state index contributed by atoms with van der Waals surface area (Å²) >= 11 is 0. The van der Waals surface area contributed by atoms with E-state index in [1.807, 2.05) is 24.0 Å². The molecule has 168 valence electrons. The highest BCUT2D eigenvalue weighted by Gasteiger charge is 2.46. The maximum Gasteiger partial charge on any atom is 0.248 e. The number of aryl methyl sites for hydroxylation is 1. The number of fused-ring (bicyclic) bond motifs is 1. The van der Waals surface area contributed by atoms with E-state index in [1.54, 1.807) is 19.0 Å². The molecule has 1 saturated heterocycles. The SMILES string of the molecule is Cc1cnn([C@H]2C[C@H]3CN(C4CCC(F)(F)CC4)C[C@H]3C[C@@H]2OCC(=O)N(C)C)c1. The highest BCUT2D eigenvalue weighted by atomic mass is 19.3. The first-order valence-electron chi connectivity index (χ1n) is 11.2. The van der Waals surface area contributed by atoms with E-state index in [-0.39, 0.29) is 43.5 Å². The second-order valence-electron chi connectivity index (χ2n) is 9.74. The molecule has 6 nitrogen and oxygen atoms in total. The zero-order chi connectivity index (χ0) is 21.5. The van der Waals surface area contributed by atoms with E-state index in [4.69, 9.17) is 4.74 Å². The average Bonchev–Trinajstić information content (AvgIpc) is 3.30. The van der Waals surface area contributed by atoms with Gasteiger partial charge in [-0.3, -0.25) is 14.4 Å². The lowest BCUT2D eigenvalue weighted by atomic mass is 9.77. The van der Waals surface area contributed by atoms with Gasteiger partial charge in [-0.15, -0.1) is 0 Å². The number of aromatic nitrogens is 2. The quantitative estimate of drug-likeness (QED) is 0.729. The molecular weight excluding hydrogens is 390 g/mol. The molecule has 3 fully saturated rings. The monoisotopic (exact) mass is 424 g/mol. The van der Waals surface area contributed by atoms with Crippen LogP contribution in [0.15, 0.2) is 12.4 Å². The molecule has 0 N–H and O–H groups in total. The van der Waals surface area contributed by atoms with E-state index in [0.29, 0.717) is 24.7 Å². The predicted octanol–water partition coefficient (Wildman–Crippen LogP) is 3.13. The molecule has 2 aliphatic carbocycles. The standard InChI is InChI=1S/C22H34F2N4O2/c1-15-10-25-28(11-15)19-8-16-12-27(18-4-6-22(23,24)7-5-18)13-17(16)9-20(19)30-14-21(29)26(2)3/h10-11,16-20H,4-9,12-14H2,1-3H3/t16-,17+,19-,20-/m0/s1. The predicted molar refractivity (Wildman–Crippen MR) is 109 cm³/mol. The summed E-state index contributed by atoms with van der Waals surface area (Å²) in [4.78, 5) is 16.1. The van der Waals surface area contributed by atoms with Crippen molar-refractivity contribution in [3.63, 3.8) is 0 Å². The Kier molecular flexibility index (Phi) is 6.17. The number of likely N-dealkylation sites (tertiary alicyclic amines) is 1. The van der Waals surface area contributed by atoms with Crippen LogP contribution in [0.4, 0.5) is 8.78 Å². The van der Waals surface area contributed by atoms with Crippen molar-refractivity contribution < 1.29 is 18.3 Å². The lowest BCUT2D eigenvalue weighted by Gasteiger charge is -2.38. The second-order valence-corrected chi connectivity index (χ2v) is 9.74. The van der Waals surface area contributed by atoms with Gasteiger partial charge in [0.2, 0.25) is 11.8 Å². The summed E-state index contributed by atoms with van der Waals surface area (Å²) in [7, 11) is 3.47. The zero-order valence-electron chi connectivity index (χ0n) is 18.3. The molecule has 2 saturated carbocycles. The van der Waals surface area contributed by atoms with Crippen LogP contribution in [-0.2, 0) is 9.53 Å². The molecule has 0 bridgehead atoms. The van der Waals surface area contributed by atoms with Crippen LogP contribution in [0.3, 0.4) is 0 Å². The van der Waals surface area contributed by atoms with Gasteiger partial charge in [-0.2, -0.15) is 5.10 Å². The van der Waals surface area contributed by atoms with Gasteiger partial charge in [-0.05, 0) is 50.0 Å². The number of rotatable bonds is 5. The van der Waals surface area contributed by atoms with Crippen LogP contribution in [0.25, 0.3) is 0 Å². The molecule has 1 amide bonds. The highest BCUT2D eigenvalue weighted by Crippen LogP contribution is 2.45. The smallest absolute Gasteiger partial charge is 0.248 e. The molecule has 1 aromatic rings. The average molecular weight is 425 g/mol. The number of likely N-dealkylation sites (N-methyl/N-ethyl adjacent to an activating group) is 1. The molecule has 4 rings (SSSR count). The first-order valence-corrected chi connectivity index (χ1v) is 11.2. The molecule has 3 aliphatic rings. The Balaban J connectivity index is 1.44. The third-order valence-corrected chi connectivity index (χ3v) is 7.31. The molecule has 8 heteroatoms. The Morgan fingerprint density at radius 2 is 1.90 bits per heavy atom. The molecule has 4 atom stereocenters. The van der Waals surface area contributed by atoms with Crippen LogP contribution in [0.2, 0.25) is 0 Å². The van der Waals surface area contributed by atoms with Crippen molar-refractivity contribution in [1.29, 1.82) is 0 Å². The summed E-state index contributed by atoms with van der Waals surface area (Å²) in [6, 6.07) is 0.376. The fraction of sp³-hybridized carbons (Fsp3) is 0.818. The lowest BCUT2D eigenvalue weighted by Crippen LogP contribution is -2.40. The van der Waals surface area contributed by atoms with Gasteiger partial charge in [-0.25, -0.2) is 8.78 Å². The normalized spacial score (nSPS) is 32.2. The number of ether oxygens (including phenoxy) is 1. The largest absolute Gasteiger partial charge is 0.366 e. The molecule has 0 aromatic carbocycles. The highest BCUT2D eigenvalue weighted by molar-refractivity contribution is 5.76. The zero-order valence-corrected chi connectivity index (χ0v) is 18.3. The van der Waals surface area contributed by atoms with E-state index < -0.39 is 5.92 Å². The van der Waals surface area contributed by atoms with E-state index in [2.05, 4.69) is 10.00 Å². The van der Waals surface area contributed by atoms with Crippen molar-refractivity contribution in [2.45, 2.75) is 69.6 Å². The van der Waals surface area contributed by atoms with Crippen molar-refractivity contribution in [3.8, 4) is 0 Å². The second kappa shape index (κ2) is 8.54. The van der Waals surface area contributed by atoms with Gasteiger partial charge in [0.15, 0.2) is 0 Å². The minimum atomic E-state index is -2.48. The van der Waals surface area contributed by atoms with Crippen molar-refractivity contribution in [1.82, 2.24) is 19.6 Å². The Bertz CT molecular complexity index is 743. The molecule has 0 unspecified atom stereocenters. The topological polar surface area (TPSA) is 50.6 Å². The Morgan fingerprint density at radius 1 is 1.23 bits per heavy atom. The Labute approximate surface area is 177 Å². The maximum absolute atomic E-state index is 13.6. The molecular formula is C22H34F2N4O2. The number of amides is 1. The summed E-state index contributed by atoms with van der Waals surface area (Å²) in [5, 5.41) is 4.54. The first-order chi connectivity index (χ1) is 14.2. The maximum atomic E-state index is 13.6. The van der Waals surface area contributed by atoms with Crippen LogP contribution in [0.1, 0.15) is 50.1 Å². The van der Waals surface area contributed by atoms with Crippen molar-refractivity contribution in [3.05, 3.63) is 18.0 Å². The molecule has 0 radical (unpaired) electrons. The van der Waals surface area contributed by atoms with E-state index in [1.165, 1.54) is 0 Å².